The van der Waals surface area contributed by atoms with Crippen LogP contribution in [-0.4, -0.2) is 144 Å². The number of hydrogen-bond donors (Lipinski definition) is 15. The summed E-state index contributed by atoms with van der Waals surface area (Å²) in [5, 5.41) is 32.4. The lowest BCUT2D eigenvalue weighted by molar-refractivity contribution is -0.137. The van der Waals surface area contributed by atoms with Gasteiger partial charge in [-0.2, -0.15) is 0 Å². The van der Waals surface area contributed by atoms with E-state index in [1.54, 1.807) is 13.8 Å². The Morgan fingerprint density at radius 1 is 0.429 bits per heavy atom. The molecule has 0 fully saturated rings. The molecular weight excluding hydrogens is 995 g/mol. The molecule has 25 heteroatoms. The molecule has 0 aliphatic carbocycles. The third-order valence-electron chi connectivity index (χ3n) is 12.7. The number of nitrogens with zero attached hydrogens (tertiary/aromatic N) is 1. The summed E-state index contributed by atoms with van der Waals surface area (Å²) in [7, 11) is 0. The Morgan fingerprint density at radius 2 is 0.766 bits per heavy atom. The molecule has 0 spiro atoms. The van der Waals surface area contributed by atoms with Crippen LogP contribution in [0.15, 0.2) is 4.99 Å². The van der Waals surface area contributed by atoms with Gasteiger partial charge in [0.2, 0.25) is 53.2 Å². The smallest absolute Gasteiger partial charge is 0.245 e. The maximum atomic E-state index is 14.4. The van der Waals surface area contributed by atoms with Gasteiger partial charge in [-0.15, -0.1) is 0 Å². The van der Waals surface area contributed by atoms with Crippen molar-refractivity contribution < 1.29 is 48.3 Å². The average Bonchev–Trinajstić information content (AvgIpc) is 3.32. The highest BCUT2D eigenvalue weighted by atomic mass is 16.3. The summed E-state index contributed by atoms with van der Waals surface area (Å²) in [6.07, 6.45) is 1.92. The highest BCUT2D eigenvalue weighted by Crippen LogP contribution is 2.15. The second-order valence-electron chi connectivity index (χ2n) is 22.0. The first kappa shape index (κ1) is 71.3. The number of nitrogens with one attached hydrogen (secondary N) is 8. The second kappa shape index (κ2) is 38.0. The van der Waals surface area contributed by atoms with Crippen molar-refractivity contribution in [3.05, 3.63) is 0 Å². The van der Waals surface area contributed by atoms with E-state index in [-0.39, 0.29) is 87.7 Å². The number of aliphatic hydroxyl groups is 1. The third-order valence-corrected chi connectivity index (χ3v) is 12.7. The number of primary amides is 1. The van der Waals surface area contributed by atoms with Crippen molar-refractivity contribution in [3.63, 3.8) is 0 Å². The summed E-state index contributed by atoms with van der Waals surface area (Å²) in [4.78, 5) is 128. The SMILES string of the molecule is CC[C@H](C)[C@H](NC(=O)[C@H](CCCN=C(N)N)NC(=O)[C@H](CCCCN)NC(=O)[C@H](CC(C)C)NC(=O)[C@@H](N)CC(C)C)C(=O)N[C@@H](CCCCN)C(=O)N[C@H](C(=O)N[C@@H](CC(C)C)C(=O)N[C@@H](CC(C)C)C(N)=O)[C@@H](C)O. The predicted octanol–water partition coefficient (Wildman–Crippen LogP) is -1.40. The lowest BCUT2D eigenvalue weighted by Crippen LogP contribution is -2.62. The lowest BCUT2D eigenvalue weighted by Gasteiger charge is -2.30. The zero-order valence-corrected chi connectivity index (χ0v) is 48.0. The first-order valence-corrected chi connectivity index (χ1v) is 27.6. The van der Waals surface area contributed by atoms with Crippen molar-refractivity contribution >= 4 is 59.1 Å². The number of amides is 9. The molecule has 0 saturated heterocycles. The van der Waals surface area contributed by atoms with E-state index in [1.807, 2.05) is 55.4 Å². The first-order valence-electron chi connectivity index (χ1n) is 27.6. The fourth-order valence-electron chi connectivity index (χ4n) is 8.27. The van der Waals surface area contributed by atoms with Crippen LogP contribution in [0.4, 0.5) is 0 Å². The van der Waals surface area contributed by atoms with E-state index < -0.39 is 120 Å². The number of carbonyl (C=O) groups excluding carboxylic acids is 9. The monoisotopic (exact) mass is 1100 g/mol. The number of hydrogen-bond acceptors (Lipinski definition) is 14. The van der Waals surface area contributed by atoms with Gasteiger partial charge in [0.25, 0.3) is 0 Å². The molecule has 0 rings (SSSR count). The lowest BCUT2D eigenvalue weighted by atomic mass is 9.96. The molecule has 21 N–H and O–H groups in total. The van der Waals surface area contributed by atoms with Crippen LogP contribution >= 0.6 is 0 Å². The van der Waals surface area contributed by atoms with Crippen molar-refractivity contribution in [1.82, 2.24) is 42.5 Å². The molecule has 0 unspecified atom stereocenters. The van der Waals surface area contributed by atoms with Crippen LogP contribution in [0.1, 0.15) is 160 Å². The van der Waals surface area contributed by atoms with Gasteiger partial charge in [0, 0.05) is 6.54 Å². The molecule has 11 atom stereocenters. The standard InChI is InChI=1S/C52H101N15O10/c1-12-32(10)41(50(76)62-36(19-14-16-22-54)47(73)67-42(33(11)68)51(77)65-40(27-31(8)9)49(75)63-38(43(56)69)25-29(4)5)66-46(72)37(20-17-23-59-52(57)58)60-45(71)35(18-13-15-21-53)61-48(74)39(26-30(6)7)64-44(70)34(55)24-28(2)3/h28-42,68H,12-27,53-55H2,1-11H3,(H2,56,69)(H,60,71)(H,61,74)(H,62,76)(H,63,75)(H,64,70)(H,65,77)(H,66,72)(H,67,73)(H4,57,58,59)/t32-,33+,34-,35-,36-,37-,38-,39-,40-,41-,42-/m0/s1. The molecule has 0 aromatic rings. The van der Waals surface area contributed by atoms with Gasteiger partial charge in [-0.05, 0) is 127 Å². The van der Waals surface area contributed by atoms with Gasteiger partial charge < -0.3 is 82.0 Å². The maximum Gasteiger partial charge on any atom is 0.245 e. The minimum atomic E-state index is -1.62. The number of aliphatic hydroxyl groups excluding tert-OH is 1. The minimum absolute atomic E-state index is 0.00257. The molecule has 25 nitrogen and oxygen atoms in total. The van der Waals surface area contributed by atoms with Gasteiger partial charge in [0.1, 0.15) is 48.3 Å². The van der Waals surface area contributed by atoms with E-state index in [2.05, 4.69) is 47.5 Å². The Labute approximate surface area is 457 Å². The molecule has 0 aromatic heterocycles. The van der Waals surface area contributed by atoms with Crippen molar-refractivity contribution in [1.29, 1.82) is 0 Å². The van der Waals surface area contributed by atoms with Gasteiger partial charge in [0.15, 0.2) is 5.96 Å². The van der Waals surface area contributed by atoms with Crippen LogP contribution in [0.2, 0.25) is 0 Å². The maximum absolute atomic E-state index is 14.4. The quantitative estimate of drug-likeness (QED) is 0.0191. The highest BCUT2D eigenvalue weighted by Gasteiger charge is 2.37. The van der Waals surface area contributed by atoms with Crippen LogP contribution in [-0.2, 0) is 43.2 Å². The minimum Gasteiger partial charge on any atom is -0.391 e. The van der Waals surface area contributed by atoms with E-state index in [0.29, 0.717) is 45.1 Å². The second-order valence-corrected chi connectivity index (χ2v) is 22.0. The van der Waals surface area contributed by atoms with E-state index in [9.17, 15) is 48.3 Å². The van der Waals surface area contributed by atoms with E-state index >= 15 is 0 Å². The van der Waals surface area contributed by atoms with Crippen molar-refractivity contribution in [3.8, 4) is 0 Å². The molecule has 0 aromatic carbocycles. The summed E-state index contributed by atoms with van der Waals surface area (Å²) < 4.78 is 0. The fourth-order valence-corrected chi connectivity index (χ4v) is 8.27. The summed E-state index contributed by atoms with van der Waals surface area (Å²) in [6.45, 7) is 20.3. The summed E-state index contributed by atoms with van der Waals surface area (Å²) >= 11 is 0. The molecule has 0 aliphatic heterocycles. The number of guanidine groups is 1. The Hall–Kier alpha value is -5.66. The van der Waals surface area contributed by atoms with Crippen LogP contribution in [0, 0.1) is 29.6 Å². The number of rotatable bonds is 40. The molecule has 77 heavy (non-hydrogen) atoms. The van der Waals surface area contributed by atoms with Crippen LogP contribution in [0.5, 0.6) is 0 Å². The molecule has 444 valence electrons. The fraction of sp³-hybridized carbons (Fsp3) is 0.808. The van der Waals surface area contributed by atoms with E-state index in [4.69, 9.17) is 34.4 Å². The van der Waals surface area contributed by atoms with Gasteiger partial charge in [0.05, 0.1) is 12.1 Å². The van der Waals surface area contributed by atoms with Gasteiger partial charge >= 0.3 is 0 Å². The normalized spacial score (nSPS) is 15.8. The van der Waals surface area contributed by atoms with Gasteiger partial charge in [-0.3, -0.25) is 48.1 Å². The molecule has 0 heterocycles. The van der Waals surface area contributed by atoms with Crippen LogP contribution < -0.4 is 76.9 Å². The largest absolute Gasteiger partial charge is 0.391 e. The van der Waals surface area contributed by atoms with Crippen LogP contribution in [0.25, 0.3) is 0 Å². The molecule has 9 amide bonds. The Morgan fingerprint density at radius 3 is 1.16 bits per heavy atom. The number of nitrogens with two attached hydrogens (primary N) is 6. The highest BCUT2D eigenvalue weighted by molar-refractivity contribution is 5.98. The summed E-state index contributed by atoms with van der Waals surface area (Å²) in [6, 6.07) is -10.8. The molecule has 0 bridgehead atoms. The third kappa shape index (κ3) is 29.6. The van der Waals surface area contributed by atoms with Crippen molar-refractivity contribution in [2.24, 2.45) is 69.0 Å². The number of unbranched alkanes of at least 4 members (excludes halogenated alkanes) is 2. The predicted molar refractivity (Wildman–Crippen MR) is 297 cm³/mol. The van der Waals surface area contributed by atoms with Crippen LogP contribution in [0.3, 0.4) is 0 Å². The van der Waals surface area contributed by atoms with Gasteiger partial charge in [-0.25, -0.2) is 0 Å². The van der Waals surface area contributed by atoms with Crippen molar-refractivity contribution in [2.75, 3.05) is 19.6 Å². The molecule has 0 saturated carbocycles. The zero-order valence-electron chi connectivity index (χ0n) is 48.0. The first-order chi connectivity index (χ1) is 36.0. The molecule has 0 radical (unpaired) electrons. The molecule has 0 aliphatic rings. The summed E-state index contributed by atoms with van der Waals surface area (Å²) in [5.41, 5.74) is 34.4. The van der Waals surface area contributed by atoms with Crippen molar-refractivity contribution in [2.45, 2.75) is 220 Å². The molecular formula is C52H101N15O10. The Bertz CT molecular complexity index is 1880. The van der Waals surface area contributed by atoms with Gasteiger partial charge in [-0.1, -0.05) is 75.7 Å². The average molecular weight is 1100 g/mol. The Kier molecular flexibility index (Phi) is 35.2. The van der Waals surface area contributed by atoms with E-state index in [0.717, 1.165) is 0 Å². The zero-order chi connectivity index (χ0) is 59.1. The number of carbonyl (C=O) groups is 9. The topological polar surface area (TPSA) is 439 Å². The summed E-state index contributed by atoms with van der Waals surface area (Å²) in [5.74, 6) is -7.40. The Balaban J connectivity index is 6.92. The number of aliphatic imine (C=N–C) groups is 1. The van der Waals surface area contributed by atoms with E-state index in [1.165, 1.54) is 6.92 Å².